The number of benzene rings is 1. The number of aliphatic hydroxyl groups is 1. The summed E-state index contributed by atoms with van der Waals surface area (Å²) in [6.45, 7) is 0.0467. The summed E-state index contributed by atoms with van der Waals surface area (Å²) in [5, 5.41) is 8.80. The summed E-state index contributed by atoms with van der Waals surface area (Å²) in [6, 6.07) is 7.82. The SMILES string of the molecule is CN(C(=O)c1ccccc1C#CCCO)C1CCCCC1. The van der Waals surface area contributed by atoms with Crippen LogP contribution in [-0.4, -0.2) is 35.6 Å². The number of amides is 1. The van der Waals surface area contributed by atoms with E-state index in [9.17, 15) is 4.79 Å². The standard InChI is InChI=1S/C18H23NO2/c1-19(16-11-3-2-4-12-16)18(21)17-13-6-5-9-15(17)10-7-8-14-20/h5-6,9,13,16,20H,2-4,8,11-12,14H2,1H3. The zero-order valence-corrected chi connectivity index (χ0v) is 12.6. The second-order valence-corrected chi connectivity index (χ2v) is 5.53. The highest BCUT2D eigenvalue weighted by atomic mass is 16.2. The van der Waals surface area contributed by atoms with E-state index in [4.69, 9.17) is 5.11 Å². The van der Waals surface area contributed by atoms with E-state index in [0.29, 0.717) is 18.0 Å². The van der Waals surface area contributed by atoms with Crippen molar-refractivity contribution in [1.82, 2.24) is 4.90 Å². The van der Waals surface area contributed by atoms with Crippen molar-refractivity contribution >= 4 is 5.91 Å². The fourth-order valence-corrected chi connectivity index (χ4v) is 2.82. The molecule has 3 nitrogen and oxygen atoms in total. The molecule has 21 heavy (non-hydrogen) atoms. The van der Waals surface area contributed by atoms with Crippen LogP contribution in [0.25, 0.3) is 0 Å². The summed E-state index contributed by atoms with van der Waals surface area (Å²) in [5.74, 6) is 5.94. The molecule has 1 aromatic carbocycles. The van der Waals surface area contributed by atoms with Crippen LogP contribution >= 0.6 is 0 Å². The Bertz CT molecular complexity index is 536. The summed E-state index contributed by atoms with van der Waals surface area (Å²) in [6.07, 6.45) is 6.32. The molecule has 1 saturated carbocycles. The molecule has 1 aliphatic carbocycles. The van der Waals surface area contributed by atoms with Gasteiger partial charge in [0.1, 0.15) is 0 Å². The largest absolute Gasteiger partial charge is 0.395 e. The molecule has 1 amide bonds. The Kier molecular flexibility index (Phi) is 5.83. The third-order valence-corrected chi connectivity index (χ3v) is 4.06. The van der Waals surface area contributed by atoms with Crippen LogP contribution in [-0.2, 0) is 0 Å². The summed E-state index contributed by atoms with van der Waals surface area (Å²) in [5.41, 5.74) is 1.41. The average molecular weight is 285 g/mol. The van der Waals surface area contributed by atoms with Gasteiger partial charge < -0.3 is 10.0 Å². The number of carbonyl (C=O) groups excluding carboxylic acids is 1. The zero-order valence-electron chi connectivity index (χ0n) is 12.6. The highest BCUT2D eigenvalue weighted by molar-refractivity contribution is 5.96. The van der Waals surface area contributed by atoms with Crippen molar-refractivity contribution in [3.8, 4) is 11.8 Å². The molecule has 1 aromatic rings. The fourth-order valence-electron chi connectivity index (χ4n) is 2.82. The van der Waals surface area contributed by atoms with Gasteiger partial charge in [0.25, 0.3) is 5.91 Å². The molecule has 0 unspecified atom stereocenters. The lowest BCUT2D eigenvalue weighted by Crippen LogP contribution is -2.38. The first-order chi connectivity index (χ1) is 10.2. The van der Waals surface area contributed by atoms with Crippen molar-refractivity contribution in [3.63, 3.8) is 0 Å². The molecule has 2 rings (SSSR count). The number of hydrogen-bond acceptors (Lipinski definition) is 2. The molecule has 0 aromatic heterocycles. The third kappa shape index (κ3) is 4.09. The highest BCUT2D eigenvalue weighted by Gasteiger charge is 2.23. The number of hydrogen-bond donors (Lipinski definition) is 1. The molecule has 3 heteroatoms. The molecule has 0 radical (unpaired) electrons. The second-order valence-electron chi connectivity index (χ2n) is 5.53. The van der Waals surface area contributed by atoms with Gasteiger partial charge in [0.05, 0.1) is 12.2 Å². The van der Waals surface area contributed by atoms with Gasteiger partial charge in [-0.3, -0.25) is 4.79 Å². The van der Waals surface area contributed by atoms with Crippen molar-refractivity contribution in [2.45, 2.75) is 44.6 Å². The van der Waals surface area contributed by atoms with Gasteiger partial charge in [0.2, 0.25) is 0 Å². The quantitative estimate of drug-likeness (QED) is 0.868. The van der Waals surface area contributed by atoms with Crippen LogP contribution in [0.4, 0.5) is 0 Å². The Labute approximate surface area is 127 Å². The van der Waals surface area contributed by atoms with E-state index in [0.717, 1.165) is 18.4 Å². The van der Waals surface area contributed by atoms with Gasteiger partial charge in [-0.05, 0) is 25.0 Å². The topological polar surface area (TPSA) is 40.5 Å². The van der Waals surface area contributed by atoms with E-state index in [1.807, 2.05) is 36.2 Å². The first-order valence-corrected chi connectivity index (χ1v) is 7.70. The first-order valence-electron chi connectivity index (χ1n) is 7.70. The van der Waals surface area contributed by atoms with Crippen LogP contribution in [0, 0.1) is 11.8 Å². The molecule has 1 N–H and O–H groups in total. The zero-order chi connectivity index (χ0) is 15.1. The summed E-state index contributed by atoms with van der Waals surface area (Å²) in [4.78, 5) is 14.6. The van der Waals surface area contributed by atoms with Crippen LogP contribution in [0.15, 0.2) is 24.3 Å². The van der Waals surface area contributed by atoms with Crippen LogP contribution in [0.3, 0.4) is 0 Å². The maximum absolute atomic E-state index is 12.7. The number of rotatable bonds is 3. The van der Waals surface area contributed by atoms with Crippen molar-refractivity contribution in [1.29, 1.82) is 0 Å². The number of aliphatic hydroxyl groups excluding tert-OH is 1. The molecule has 0 saturated heterocycles. The highest BCUT2D eigenvalue weighted by Crippen LogP contribution is 2.23. The lowest BCUT2D eigenvalue weighted by atomic mass is 9.94. The van der Waals surface area contributed by atoms with E-state index < -0.39 is 0 Å². The first kappa shape index (κ1) is 15.6. The molecular formula is C18H23NO2. The third-order valence-electron chi connectivity index (χ3n) is 4.06. The molecule has 1 aliphatic rings. The predicted octanol–water partition coefficient (Wildman–Crippen LogP) is 2.83. The van der Waals surface area contributed by atoms with Gasteiger partial charge in [-0.2, -0.15) is 0 Å². The smallest absolute Gasteiger partial charge is 0.255 e. The summed E-state index contributed by atoms with van der Waals surface area (Å²) in [7, 11) is 1.90. The molecule has 0 bridgehead atoms. The van der Waals surface area contributed by atoms with Crippen LogP contribution in [0.2, 0.25) is 0 Å². The normalized spacial score (nSPS) is 15.1. The molecule has 0 atom stereocenters. The number of carbonyl (C=O) groups is 1. The Morgan fingerprint density at radius 1 is 1.29 bits per heavy atom. The van der Waals surface area contributed by atoms with E-state index in [-0.39, 0.29) is 12.5 Å². The monoisotopic (exact) mass is 285 g/mol. The van der Waals surface area contributed by atoms with Crippen LogP contribution < -0.4 is 0 Å². The molecule has 0 spiro atoms. The van der Waals surface area contributed by atoms with Crippen LogP contribution in [0.5, 0.6) is 0 Å². The second kappa shape index (κ2) is 7.85. The Morgan fingerprint density at radius 2 is 2.00 bits per heavy atom. The van der Waals surface area contributed by atoms with E-state index in [1.165, 1.54) is 19.3 Å². The van der Waals surface area contributed by atoms with Crippen molar-refractivity contribution < 1.29 is 9.90 Å². The van der Waals surface area contributed by atoms with Crippen LogP contribution in [0.1, 0.15) is 54.4 Å². The number of nitrogens with zero attached hydrogens (tertiary/aromatic N) is 1. The van der Waals surface area contributed by atoms with E-state index in [2.05, 4.69) is 11.8 Å². The average Bonchev–Trinajstić information content (AvgIpc) is 2.55. The maximum Gasteiger partial charge on any atom is 0.255 e. The lowest BCUT2D eigenvalue weighted by molar-refractivity contribution is 0.0696. The van der Waals surface area contributed by atoms with Crippen molar-refractivity contribution in [2.75, 3.05) is 13.7 Å². The minimum Gasteiger partial charge on any atom is -0.395 e. The van der Waals surface area contributed by atoms with Gasteiger partial charge in [0.15, 0.2) is 0 Å². The Hall–Kier alpha value is -1.79. The molecular weight excluding hydrogens is 262 g/mol. The summed E-state index contributed by atoms with van der Waals surface area (Å²) < 4.78 is 0. The Balaban J connectivity index is 2.16. The van der Waals surface area contributed by atoms with Gasteiger partial charge in [0, 0.05) is 25.1 Å². The lowest BCUT2D eigenvalue weighted by Gasteiger charge is -2.31. The predicted molar refractivity (Wildman–Crippen MR) is 84.0 cm³/mol. The Morgan fingerprint density at radius 3 is 2.71 bits per heavy atom. The molecule has 0 heterocycles. The van der Waals surface area contributed by atoms with E-state index in [1.54, 1.807) is 0 Å². The molecule has 1 fully saturated rings. The minimum absolute atomic E-state index is 0.0467. The van der Waals surface area contributed by atoms with Gasteiger partial charge in [-0.25, -0.2) is 0 Å². The maximum atomic E-state index is 12.7. The van der Waals surface area contributed by atoms with Crippen molar-refractivity contribution in [2.24, 2.45) is 0 Å². The van der Waals surface area contributed by atoms with Gasteiger partial charge in [-0.15, -0.1) is 0 Å². The molecule has 0 aliphatic heterocycles. The van der Waals surface area contributed by atoms with E-state index >= 15 is 0 Å². The fraction of sp³-hybridized carbons (Fsp3) is 0.500. The van der Waals surface area contributed by atoms with Gasteiger partial charge >= 0.3 is 0 Å². The summed E-state index contributed by atoms with van der Waals surface area (Å²) >= 11 is 0. The minimum atomic E-state index is 0.0467. The van der Waals surface area contributed by atoms with Crippen molar-refractivity contribution in [3.05, 3.63) is 35.4 Å². The molecule has 112 valence electrons. The van der Waals surface area contributed by atoms with Gasteiger partial charge in [-0.1, -0.05) is 43.2 Å².